The zero-order valence-electron chi connectivity index (χ0n) is 13.4. The Morgan fingerprint density at radius 2 is 1.64 bits per heavy atom. The third-order valence-corrected chi connectivity index (χ3v) is 6.26. The molecule has 1 saturated heterocycles. The van der Waals surface area contributed by atoms with Gasteiger partial charge in [0.2, 0.25) is 0 Å². The molecule has 132 valence electrons. The predicted molar refractivity (Wildman–Crippen MR) is 94.1 cm³/mol. The van der Waals surface area contributed by atoms with Crippen LogP contribution in [0.2, 0.25) is 0 Å². The maximum Gasteiger partial charge on any atom is 0.329 e. The lowest BCUT2D eigenvalue weighted by atomic mass is 9.91. The number of nitrogens with one attached hydrogen (secondary N) is 1. The van der Waals surface area contributed by atoms with Gasteiger partial charge in [0.1, 0.15) is 5.54 Å². The number of carboxylic acids is 1. The second kappa shape index (κ2) is 6.03. The molecule has 1 heterocycles. The molecule has 4 N–H and O–H groups in total. The van der Waals surface area contributed by atoms with Crippen molar-refractivity contribution in [3.05, 3.63) is 42.0 Å². The van der Waals surface area contributed by atoms with E-state index in [-0.39, 0.29) is 35.6 Å². The maximum absolute atomic E-state index is 12.6. The molecule has 1 aliphatic heterocycles. The molecule has 0 bridgehead atoms. The monoisotopic (exact) mass is 362 g/mol. The number of carbonyl (C=O) groups excluding carboxylic acids is 1. The van der Waals surface area contributed by atoms with Crippen LogP contribution in [0.4, 0.5) is 5.69 Å². The molecule has 0 radical (unpaired) electrons. The van der Waals surface area contributed by atoms with Crippen LogP contribution in [0.15, 0.2) is 36.4 Å². The highest BCUT2D eigenvalue weighted by Gasteiger charge is 2.45. The Hall–Kier alpha value is -2.61. The van der Waals surface area contributed by atoms with E-state index in [1.54, 1.807) is 12.1 Å². The van der Waals surface area contributed by atoms with Crippen LogP contribution in [0.5, 0.6) is 0 Å². The normalized spacial score (nSPS) is 18.6. The Kier molecular flexibility index (Phi) is 4.16. The van der Waals surface area contributed by atoms with Crippen molar-refractivity contribution >= 4 is 38.2 Å². The Bertz CT molecular complexity index is 954. The highest BCUT2D eigenvalue weighted by Crippen LogP contribution is 2.27. The van der Waals surface area contributed by atoms with Crippen molar-refractivity contribution < 1.29 is 23.1 Å². The van der Waals surface area contributed by atoms with E-state index >= 15 is 0 Å². The van der Waals surface area contributed by atoms with Gasteiger partial charge in [-0.25, -0.2) is 13.2 Å². The zero-order valence-corrected chi connectivity index (χ0v) is 14.2. The van der Waals surface area contributed by atoms with Gasteiger partial charge in [0, 0.05) is 5.69 Å². The van der Waals surface area contributed by atoms with Crippen molar-refractivity contribution in [3.63, 3.8) is 0 Å². The van der Waals surface area contributed by atoms with Gasteiger partial charge in [-0.2, -0.15) is 0 Å². The Labute approximate surface area is 144 Å². The maximum atomic E-state index is 12.6. The Morgan fingerprint density at radius 3 is 2.20 bits per heavy atom. The molecule has 0 aromatic heterocycles. The van der Waals surface area contributed by atoms with E-state index in [9.17, 15) is 23.1 Å². The van der Waals surface area contributed by atoms with Gasteiger partial charge < -0.3 is 16.2 Å². The third-order valence-electron chi connectivity index (χ3n) is 4.60. The van der Waals surface area contributed by atoms with Gasteiger partial charge in [-0.15, -0.1) is 0 Å². The first-order valence-electron chi connectivity index (χ1n) is 7.77. The first-order valence-corrected chi connectivity index (χ1v) is 9.59. The van der Waals surface area contributed by atoms with Gasteiger partial charge >= 0.3 is 5.97 Å². The van der Waals surface area contributed by atoms with Crippen LogP contribution in [0, 0.1) is 0 Å². The fourth-order valence-corrected chi connectivity index (χ4v) is 4.54. The molecule has 0 unspecified atom stereocenters. The van der Waals surface area contributed by atoms with Crippen LogP contribution in [-0.2, 0) is 14.6 Å². The summed E-state index contributed by atoms with van der Waals surface area (Å²) < 4.78 is 23.2. The minimum Gasteiger partial charge on any atom is -0.480 e. The molecule has 7 nitrogen and oxygen atoms in total. The van der Waals surface area contributed by atoms with Gasteiger partial charge in [-0.3, -0.25) is 4.79 Å². The van der Waals surface area contributed by atoms with Crippen LogP contribution in [-0.4, -0.2) is 42.4 Å². The number of nitrogen functional groups attached to an aromatic ring is 1. The largest absolute Gasteiger partial charge is 0.480 e. The van der Waals surface area contributed by atoms with Crippen LogP contribution in [0.1, 0.15) is 23.2 Å². The van der Waals surface area contributed by atoms with E-state index in [2.05, 4.69) is 5.32 Å². The molecule has 1 fully saturated rings. The van der Waals surface area contributed by atoms with Gasteiger partial charge in [-0.1, -0.05) is 24.3 Å². The number of amides is 1. The number of hydrogen-bond acceptors (Lipinski definition) is 5. The highest BCUT2D eigenvalue weighted by molar-refractivity contribution is 7.91. The van der Waals surface area contributed by atoms with Crippen molar-refractivity contribution in [2.45, 2.75) is 18.4 Å². The number of fused-ring (bicyclic) bond motifs is 1. The SMILES string of the molecule is Nc1cc2ccccc2cc1C(=O)NC1(C(=O)O)CCS(=O)(=O)CC1. The molecule has 25 heavy (non-hydrogen) atoms. The molecule has 8 heteroatoms. The molecule has 0 atom stereocenters. The van der Waals surface area contributed by atoms with E-state index in [1.165, 1.54) is 0 Å². The molecule has 1 aliphatic rings. The molecular formula is C17H18N2O5S. The first-order chi connectivity index (χ1) is 11.7. The van der Waals surface area contributed by atoms with Gasteiger partial charge in [0.15, 0.2) is 9.84 Å². The lowest BCUT2D eigenvalue weighted by molar-refractivity contribution is -0.144. The van der Waals surface area contributed by atoms with Crippen molar-refractivity contribution in [2.75, 3.05) is 17.2 Å². The third kappa shape index (κ3) is 3.30. The standard InChI is InChI=1S/C17H18N2O5S/c18-14-10-12-4-2-1-3-11(12)9-13(14)15(20)19-17(16(21)22)5-7-25(23,24)8-6-17/h1-4,9-10H,5-8,18H2,(H,19,20)(H,21,22). The summed E-state index contributed by atoms with van der Waals surface area (Å²) in [5.74, 6) is -2.40. The fourth-order valence-electron chi connectivity index (χ4n) is 3.02. The number of carbonyl (C=O) groups is 2. The molecule has 0 spiro atoms. The number of anilines is 1. The zero-order chi connectivity index (χ0) is 18.2. The lowest BCUT2D eigenvalue weighted by Crippen LogP contribution is -2.58. The predicted octanol–water partition coefficient (Wildman–Crippen LogP) is 1.18. The lowest BCUT2D eigenvalue weighted by Gasteiger charge is -2.33. The highest BCUT2D eigenvalue weighted by atomic mass is 32.2. The second-order valence-corrected chi connectivity index (χ2v) is 8.58. The van der Waals surface area contributed by atoms with E-state index < -0.39 is 27.3 Å². The van der Waals surface area contributed by atoms with E-state index in [1.807, 2.05) is 24.3 Å². The molecule has 0 saturated carbocycles. The number of nitrogens with two attached hydrogens (primary N) is 1. The first kappa shape index (κ1) is 17.2. The number of hydrogen-bond donors (Lipinski definition) is 3. The molecule has 1 amide bonds. The van der Waals surface area contributed by atoms with Gasteiger partial charge in [0.05, 0.1) is 17.1 Å². The number of aliphatic carboxylic acids is 1. The van der Waals surface area contributed by atoms with Crippen LogP contribution in [0.25, 0.3) is 10.8 Å². The minimum atomic E-state index is -3.26. The van der Waals surface area contributed by atoms with E-state index in [0.29, 0.717) is 0 Å². The van der Waals surface area contributed by atoms with E-state index in [4.69, 9.17) is 5.73 Å². The summed E-state index contributed by atoms with van der Waals surface area (Å²) in [5.41, 5.74) is 4.76. The quantitative estimate of drug-likeness (QED) is 0.704. The summed E-state index contributed by atoms with van der Waals surface area (Å²) >= 11 is 0. The number of rotatable bonds is 3. The van der Waals surface area contributed by atoms with Crippen molar-refractivity contribution in [2.24, 2.45) is 0 Å². The molecule has 3 rings (SSSR count). The topological polar surface area (TPSA) is 127 Å². The average Bonchev–Trinajstić information content (AvgIpc) is 2.56. The summed E-state index contributed by atoms with van der Waals surface area (Å²) in [6, 6.07) is 10.6. The van der Waals surface area contributed by atoms with Gasteiger partial charge in [-0.05, 0) is 35.7 Å². The van der Waals surface area contributed by atoms with Crippen molar-refractivity contribution in [1.29, 1.82) is 0 Å². The minimum absolute atomic E-state index is 0.163. The van der Waals surface area contributed by atoms with Crippen molar-refractivity contribution in [3.8, 4) is 0 Å². The number of carboxylic acid groups (broad SMARTS) is 1. The molecular weight excluding hydrogens is 344 g/mol. The molecule has 2 aromatic carbocycles. The van der Waals surface area contributed by atoms with Crippen LogP contribution < -0.4 is 11.1 Å². The number of benzene rings is 2. The Balaban J connectivity index is 1.92. The van der Waals surface area contributed by atoms with E-state index in [0.717, 1.165) is 10.8 Å². The second-order valence-electron chi connectivity index (χ2n) is 6.28. The summed E-state index contributed by atoms with van der Waals surface area (Å²) in [7, 11) is -3.26. The summed E-state index contributed by atoms with van der Waals surface area (Å²) in [6.45, 7) is 0. The Morgan fingerprint density at radius 1 is 1.08 bits per heavy atom. The van der Waals surface area contributed by atoms with Crippen molar-refractivity contribution in [1.82, 2.24) is 5.32 Å². The summed E-state index contributed by atoms with van der Waals surface area (Å²) in [6.07, 6.45) is -0.326. The van der Waals surface area contributed by atoms with Gasteiger partial charge in [0.25, 0.3) is 5.91 Å². The summed E-state index contributed by atoms with van der Waals surface area (Å²) in [4.78, 5) is 24.4. The van der Waals surface area contributed by atoms with Crippen LogP contribution >= 0.6 is 0 Å². The molecule has 0 aliphatic carbocycles. The molecule has 2 aromatic rings. The van der Waals surface area contributed by atoms with Crippen LogP contribution in [0.3, 0.4) is 0 Å². The number of sulfone groups is 1. The average molecular weight is 362 g/mol. The smallest absolute Gasteiger partial charge is 0.329 e. The fraction of sp³-hybridized carbons (Fsp3) is 0.294. The summed E-state index contributed by atoms with van der Waals surface area (Å²) in [5, 5.41) is 13.7.